The molecule has 8 aromatic rings. The van der Waals surface area contributed by atoms with Gasteiger partial charge in [-0.1, -0.05) is 159 Å². The van der Waals surface area contributed by atoms with E-state index in [0.717, 1.165) is 77.8 Å². The number of allylic oxidation sites excluding steroid dienone is 4. The number of nitrogens with zero attached hydrogens (tertiary/aromatic N) is 4. The van der Waals surface area contributed by atoms with Gasteiger partial charge in [0, 0.05) is 39.2 Å². The predicted molar refractivity (Wildman–Crippen MR) is 208 cm³/mol. The second-order valence-corrected chi connectivity index (χ2v) is 12.0. The van der Waals surface area contributed by atoms with Crippen molar-refractivity contribution in [2.24, 2.45) is 0 Å². The van der Waals surface area contributed by atoms with Gasteiger partial charge in [-0.2, -0.15) is 0 Å². The Morgan fingerprint density at radius 1 is 0.460 bits per heavy atom. The zero-order valence-electron chi connectivity index (χ0n) is 27.4. The number of hydrogen-bond donors (Lipinski definition) is 0. The zero-order valence-corrected chi connectivity index (χ0v) is 27.4. The standard InChI is InChI=1S/C46H32N4/c1-3-9-31(4-2)33-15-25-40(26-16-33)46-49-42(36-17-13-34(14-18-36)32-10-6-5-7-11-32)30-43(50-46)37-21-19-35(20-22-37)41-28-27-39-24-23-38-12-8-29-47-44(38)45(39)48-41/h3-30H,1-2H2/b31-9+. The maximum absolute atomic E-state index is 5.09. The number of fused-ring (bicyclic) bond motifs is 3. The molecule has 0 bridgehead atoms. The van der Waals surface area contributed by atoms with E-state index in [2.05, 4.69) is 152 Å². The van der Waals surface area contributed by atoms with Crippen LogP contribution in [0.4, 0.5) is 0 Å². The summed E-state index contributed by atoms with van der Waals surface area (Å²) in [5, 5.41) is 2.15. The monoisotopic (exact) mass is 640 g/mol. The molecule has 0 atom stereocenters. The van der Waals surface area contributed by atoms with Gasteiger partial charge in [-0.3, -0.25) is 4.98 Å². The predicted octanol–water partition coefficient (Wildman–Crippen LogP) is 11.7. The first-order valence-electron chi connectivity index (χ1n) is 16.5. The fourth-order valence-electron chi connectivity index (χ4n) is 6.25. The van der Waals surface area contributed by atoms with Gasteiger partial charge < -0.3 is 0 Å². The molecule has 236 valence electrons. The van der Waals surface area contributed by atoms with E-state index >= 15 is 0 Å². The van der Waals surface area contributed by atoms with Crippen molar-refractivity contribution in [3.05, 3.63) is 189 Å². The van der Waals surface area contributed by atoms with Crippen molar-refractivity contribution in [2.75, 3.05) is 0 Å². The Kier molecular flexibility index (Phi) is 8.17. The van der Waals surface area contributed by atoms with Gasteiger partial charge in [-0.25, -0.2) is 15.0 Å². The fraction of sp³-hybridized carbons (Fsp3) is 0. The molecule has 50 heavy (non-hydrogen) atoms. The van der Waals surface area contributed by atoms with Crippen LogP contribution in [-0.2, 0) is 0 Å². The third kappa shape index (κ3) is 6.02. The zero-order chi connectivity index (χ0) is 33.9. The van der Waals surface area contributed by atoms with Crippen LogP contribution in [-0.4, -0.2) is 19.9 Å². The molecular formula is C46H32N4. The lowest BCUT2D eigenvalue weighted by Gasteiger charge is -2.11. The second kappa shape index (κ2) is 13.4. The van der Waals surface area contributed by atoms with Gasteiger partial charge in [0.2, 0.25) is 0 Å². The molecule has 0 unspecified atom stereocenters. The summed E-state index contributed by atoms with van der Waals surface area (Å²) in [5.41, 5.74) is 12.8. The van der Waals surface area contributed by atoms with Crippen molar-refractivity contribution in [1.82, 2.24) is 19.9 Å². The molecular weight excluding hydrogens is 609 g/mol. The van der Waals surface area contributed by atoms with Crippen LogP contribution < -0.4 is 0 Å². The van der Waals surface area contributed by atoms with E-state index in [1.807, 2.05) is 30.5 Å². The average molecular weight is 641 g/mol. The summed E-state index contributed by atoms with van der Waals surface area (Å²) in [6.07, 6.45) is 7.38. The fourth-order valence-corrected chi connectivity index (χ4v) is 6.25. The number of aromatic nitrogens is 4. The molecule has 0 aliphatic carbocycles. The van der Waals surface area contributed by atoms with E-state index in [9.17, 15) is 0 Å². The molecule has 3 heterocycles. The molecule has 0 saturated carbocycles. The Hall–Kier alpha value is -6.78. The van der Waals surface area contributed by atoms with Crippen LogP contribution in [0.25, 0.3) is 83.7 Å². The molecule has 0 saturated heterocycles. The SMILES string of the molecule is C=C/C=C(\C=C)c1ccc(-c2nc(-c3ccc(-c4ccccc4)cc3)cc(-c3ccc(-c4ccc5ccc6cccnc6c5n4)cc3)n2)cc1. The quantitative estimate of drug-likeness (QED) is 0.122. The molecule has 0 radical (unpaired) electrons. The maximum atomic E-state index is 5.09. The van der Waals surface area contributed by atoms with Gasteiger partial charge in [-0.05, 0) is 40.5 Å². The van der Waals surface area contributed by atoms with Crippen LogP contribution in [0.1, 0.15) is 5.56 Å². The first kappa shape index (κ1) is 30.5. The Bertz CT molecular complexity index is 2530. The van der Waals surface area contributed by atoms with Crippen LogP contribution in [0, 0.1) is 0 Å². The number of pyridine rings is 2. The number of benzene rings is 5. The third-order valence-corrected chi connectivity index (χ3v) is 8.92. The van der Waals surface area contributed by atoms with Crippen LogP contribution in [0.2, 0.25) is 0 Å². The number of hydrogen-bond acceptors (Lipinski definition) is 4. The maximum Gasteiger partial charge on any atom is 0.160 e. The van der Waals surface area contributed by atoms with Gasteiger partial charge in [0.1, 0.15) is 0 Å². The van der Waals surface area contributed by atoms with E-state index in [-0.39, 0.29) is 0 Å². The van der Waals surface area contributed by atoms with Gasteiger partial charge in [-0.15, -0.1) is 0 Å². The minimum absolute atomic E-state index is 0.656. The van der Waals surface area contributed by atoms with Crippen molar-refractivity contribution < 1.29 is 0 Å². The van der Waals surface area contributed by atoms with Crippen molar-refractivity contribution in [1.29, 1.82) is 0 Å². The van der Waals surface area contributed by atoms with Crippen LogP contribution in [0.5, 0.6) is 0 Å². The molecule has 0 amide bonds. The van der Waals surface area contributed by atoms with Crippen molar-refractivity contribution in [3.63, 3.8) is 0 Å². The smallest absolute Gasteiger partial charge is 0.160 e. The summed E-state index contributed by atoms with van der Waals surface area (Å²) < 4.78 is 0. The lowest BCUT2D eigenvalue weighted by molar-refractivity contribution is 1.18. The Balaban J connectivity index is 1.18. The Labute approximate surface area is 291 Å². The van der Waals surface area contributed by atoms with Gasteiger partial charge in [0.15, 0.2) is 5.82 Å². The van der Waals surface area contributed by atoms with Crippen molar-refractivity contribution in [3.8, 4) is 56.3 Å². The Morgan fingerprint density at radius 2 is 1.02 bits per heavy atom. The summed E-state index contributed by atoms with van der Waals surface area (Å²) in [4.78, 5) is 19.8. The Morgan fingerprint density at radius 3 is 1.66 bits per heavy atom. The molecule has 3 aromatic heterocycles. The van der Waals surface area contributed by atoms with Crippen LogP contribution in [0.3, 0.4) is 0 Å². The van der Waals surface area contributed by atoms with E-state index in [4.69, 9.17) is 15.0 Å². The lowest BCUT2D eigenvalue weighted by atomic mass is 10.0. The highest BCUT2D eigenvalue weighted by atomic mass is 14.9. The highest BCUT2D eigenvalue weighted by Gasteiger charge is 2.13. The average Bonchev–Trinajstić information content (AvgIpc) is 3.20. The molecule has 4 nitrogen and oxygen atoms in total. The summed E-state index contributed by atoms with van der Waals surface area (Å²) in [7, 11) is 0. The highest BCUT2D eigenvalue weighted by Crippen LogP contribution is 2.32. The molecule has 0 aliphatic heterocycles. The molecule has 0 fully saturated rings. The van der Waals surface area contributed by atoms with Gasteiger partial charge in [0.25, 0.3) is 0 Å². The van der Waals surface area contributed by atoms with E-state index < -0.39 is 0 Å². The molecule has 4 heteroatoms. The summed E-state index contributed by atoms with van der Waals surface area (Å²) in [5.74, 6) is 0.656. The first-order chi connectivity index (χ1) is 24.7. The van der Waals surface area contributed by atoms with Crippen molar-refractivity contribution >= 4 is 27.4 Å². The molecule has 8 rings (SSSR count). The van der Waals surface area contributed by atoms with Crippen LogP contribution >= 0.6 is 0 Å². The second-order valence-electron chi connectivity index (χ2n) is 12.0. The van der Waals surface area contributed by atoms with Gasteiger partial charge >= 0.3 is 0 Å². The van der Waals surface area contributed by atoms with E-state index in [0.29, 0.717) is 5.82 Å². The normalized spacial score (nSPS) is 11.5. The molecule has 0 aliphatic rings. The van der Waals surface area contributed by atoms with E-state index in [1.54, 1.807) is 6.08 Å². The molecule has 0 N–H and O–H groups in total. The summed E-state index contributed by atoms with van der Waals surface area (Å²) in [6, 6.07) is 50.1. The molecule has 5 aromatic carbocycles. The minimum atomic E-state index is 0.656. The van der Waals surface area contributed by atoms with Crippen LogP contribution in [0.15, 0.2) is 183 Å². The minimum Gasteiger partial charge on any atom is -0.254 e. The first-order valence-corrected chi connectivity index (χ1v) is 16.5. The van der Waals surface area contributed by atoms with Gasteiger partial charge in [0.05, 0.1) is 28.1 Å². The number of rotatable bonds is 8. The largest absolute Gasteiger partial charge is 0.254 e. The van der Waals surface area contributed by atoms with Crippen molar-refractivity contribution in [2.45, 2.75) is 0 Å². The topological polar surface area (TPSA) is 51.6 Å². The third-order valence-electron chi connectivity index (χ3n) is 8.92. The lowest BCUT2D eigenvalue weighted by Crippen LogP contribution is -1.96. The highest BCUT2D eigenvalue weighted by molar-refractivity contribution is 6.03. The molecule has 0 spiro atoms. The van der Waals surface area contributed by atoms with E-state index in [1.165, 1.54) is 5.56 Å². The summed E-state index contributed by atoms with van der Waals surface area (Å²) >= 11 is 0. The summed E-state index contributed by atoms with van der Waals surface area (Å²) in [6.45, 7) is 7.79.